The van der Waals surface area contributed by atoms with Gasteiger partial charge in [-0.05, 0) is 55.5 Å². The zero-order valence-electron chi connectivity index (χ0n) is 15.2. The summed E-state index contributed by atoms with van der Waals surface area (Å²) in [6.07, 6.45) is 4.20. The molecule has 0 bridgehead atoms. The molecule has 1 unspecified atom stereocenters. The zero-order chi connectivity index (χ0) is 17.9. The van der Waals surface area contributed by atoms with Gasteiger partial charge < -0.3 is 10.5 Å². The van der Waals surface area contributed by atoms with Gasteiger partial charge in [-0.25, -0.2) is 0 Å². The largest absolute Gasteiger partial charge is 0.497 e. The van der Waals surface area contributed by atoms with Crippen LogP contribution in [0.25, 0.3) is 11.3 Å². The van der Waals surface area contributed by atoms with Crippen LogP contribution < -0.4 is 10.5 Å². The molecule has 4 rings (SSSR count). The fraction of sp³-hybridized carbons (Fsp3) is 0.318. The Bertz CT molecular complexity index is 868. The van der Waals surface area contributed by atoms with Crippen molar-refractivity contribution >= 4 is 0 Å². The Kier molecular flexibility index (Phi) is 4.76. The second-order valence-electron chi connectivity index (χ2n) is 6.89. The van der Waals surface area contributed by atoms with Gasteiger partial charge in [0, 0.05) is 29.4 Å². The van der Waals surface area contributed by atoms with Crippen molar-refractivity contribution in [3.63, 3.8) is 0 Å². The Morgan fingerprint density at radius 1 is 1.12 bits per heavy atom. The highest BCUT2D eigenvalue weighted by Crippen LogP contribution is 2.36. The number of hydrogen-bond acceptors (Lipinski definition) is 3. The summed E-state index contributed by atoms with van der Waals surface area (Å²) in [4.78, 5) is 0. The summed E-state index contributed by atoms with van der Waals surface area (Å²) >= 11 is 0. The maximum absolute atomic E-state index is 6.48. The molecule has 3 aromatic rings. The lowest BCUT2D eigenvalue weighted by molar-refractivity contribution is 0.415. The molecule has 4 heteroatoms. The Balaban J connectivity index is 1.68. The van der Waals surface area contributed by atoms with Gasteiger partial charge in [0.15, 0.2) is 0 Å². The molecule has 4 nitrogen and oxygen atoms in total. The molecule has 1 aliphatic rings. The van der Waals surface area contributed by atoms with E-state index in [1.165, 1.54) is 16.8 Å². The average molecular weight is 347 g/mol. The van der Waals surface area contributed by atoms with Crippen LogP contribution in [-0.4, -0.2) is 16.9 Å². The number of nitrogens with zero attached hydrogens (tertiary/aromatic N) is 2. The Hall–Kier alpha value is -2.59. The molecule has 1 aliphatic carbocycles. The monoisotopic (exact) mass is 347 g/mol. The number of aromatic nitrogens is 2. The fourth-order valence-corrected chi connectivity index (χ4v) is 3.82. The third-order valence-corrected chi connectivity index (χ3v) is 5.22. The maximum Gasteiger partial charge on any atom is 0.118 e. The van der Waals surface area contributed by atoms with Crippen LogP contribution >= 0.6 is 0 Å². The van der Waals surface area contributed by atoms with Crippen LogP contribution in [0.4, 0.5) is 0 Å². The van der Waals surface area contributed by atoms with Crippen molar-refractivity contribution < 1.29 is 4.74 Å². The van der Waals surface area contributed by atoms with Gasteiger partial charge in [-0.15, -0.1) is 0 Å². The summed E-state index contributed by atoms with van der Waals surface area (Å²) in [7, 11) is 1.69. The van der Waals surface area contributed by atoms with E-state index in [-0.39, 0.29) is 6.04 Å². The molecule has 134 valence electrons. The van der Waals surface area contributed by atoms with Gasteiger partial charge in [-0.2, -0.15) is 5.10 Å². The quantitative estimate of drug-likeness (QED) is 0.755. The van der Waals surface area contributed by atoms with E-state index in [0.29, 0.717) is 0 Å². The Labute approximate surface area is 154 Å². The number of benzene rings is 2. The minimum absolute atomic E-state index is 0.0707. The highest BCUT2D eigenvalue weighted by Gasteiger charge is 2.26. The third kappa shape index (κ3) is 3.25. The van der Waals surface area contributed by atoms with E-state index in [0.717, 1.165) is 49.2 Å². The van der Waals surface area contributed by atoms with Crippen molar-refractivity contribution in [2.45, 2.75) is 38.3 Å². The number of fused-ring (bicyclic) bond motifs is 1. The summed E-state index contributed by atoms with van der Waals surface area (Å²) in [6.45, 7) is 0.884. The molecule has 26 heavy (non-hydrogen) atoms. The summed E-state index contributed by atoms with van der Waals surface area (Å²) in [5.74, 6) is 0.857. The summed E-state index contributed by atoms with van der Waals surface area (Å²) < 4.78 is 7.46. The van der Waals surface area contributed by atoms with E-state index in [2.05, 4.69) is 47.1 Å². The average Bonchev–Trinajstić information content (AvgIpc) is 3.07. The maximum atomic E-state index is 6.48. The first-order valence-corrected chi connectivity index (χ1v) is 9.30. The molecule has 0 amide bonds. The third-order valence-electron chi connectivity index (χ3n) is 5.22. The van der Waals surface area contributed by atoms with Crippen molar-refractivity contribution in [2.24, 2.45) is 5.73 Å². The second kappa shape index (κ2) is 7.34. The van der Waals surface area contributed by atoms with Crippen LogP contribution in [0, 0.1) is 0 Å². The second-order valence-corrected chi connectivity index (χ2v) is 6.89. The van der Waals surface area contributed by atoms with Gasteiger partial charge in [0.1, 0.15) is 5.75 Å². The lowest BCUT2D eigenvalue weighted by Gasteiger charge is -2.20. The van der Waals surface area contributed by atoms with Gasteiger partial charge in [0.25, 0.3) is 0 Å². The van der Waals surface area contributed by atoms with Crippen LogP contribution in [-0.2, 0) is 19.4 Å². The molecule has 0 radical (unpaired) electrons. The van der Waals surface area contributed by atoms with Crippen molar-refractivity contribution in [1.82, 2.24) is 9.78 Å². The van der Waals surface area contributed by atoms with E-state index >= 15 is 0 Å². The molecule has 0 saturated carbocycles. The fourth-order valence-electron chi connectivity index (χ4n) is 3.82. The lowest BCUT2D eigenvalue weighted by atomic mass is 9.89. The van der Waals surface area contributed by atoms with Crippen LogP contribution in [0.2, 0.25) is 0 Å². The van der Waals surface area contributed by atoms with Crippen LogP contribution in [0.15, 0.2) is 54.6 Å². The van der Waals surface area contributed by atoms with E-state index in [1.54, 1.807) is 7.11 Å². The van der Waals surface area contributed by atoms with Crippen LogP contribution in [0.3, 0.4) is 0 Å². The SMILES string of the molecule is COc1ccc(-c2nn(CCc3ccccc3)c3c2C(N)CCC3)cc1. The smallest absolute Gasteiger partial charge is 0.118 e. The van der Waals surface area contributed by atoms with Gasteiger partial charge in [0.05, 0.1) is 12.8 Å². The first-order valence-electron chi connectivity index (χ1n) is 9.30. The number of nitrogens with two attached hydrogens (primary N) is 1. The standard InChI is InChI=1S/C22H25N3O/c1-26-18-12-10-17(11-13-18)22-21-19(23)8-5-9-20(21)25(24-22)15-14-16-6-3-2-4-7-16/h2-4,6-7,10-13,19H,5,8-9,14-15,23H2,1H3. The minimum Gasteiger partial charge on any atom is -0.497 e. The number of methoxy groups -OCH3 is 1. The molecule has 1 aromatic heterocycles. The summed E-state index contributed by atoms with van der Waals surface area (Å²) in [5.41, 5.74) is 12.5. The Morgan fingerprint density at radius 3 is 2.62 bits per heavy atom. The molecule has 0 saturated heterocycles. The highest BCUT2D eigenvalue weighted by atomic mass is 16.5. The van der Waals surface area contributed by atoms with Crippen LogP contribution in [0.5, 0.6) is 5.75 Å². The first kappa shape index (κ1) is 16.9. The predicted molar refractivity (Wildman–Crippen MR) is 104 cm³/mol. The van der Waals surface area contributed by atoms with Crippen molar-refractivity contribution in [3.8, 4) is 17.0 Å². The molecule has 0 spiro atoms. The van der Waals surface area contributed by atoms with Gasteiger partial charge in [-0.1, -0.05) is 30.3 Å². The highest BCUT2D eigenvalue weighted by molar-refractivity contribution is 5.66. The topological polar surface area (TPSA) is 53.1 Å². The van der Waals surface area contributed by atoms with E-state index in [9.17, 15) is 0 Å². The number of aryl methyl sites for hydroxylation is 2. The van der Waals surface area contributed by atoms with Crippen molar-refractivity contribution in [1.29, 1.82) is 0 Å². The zero-order valence-corrected chi connectivity index (χ0v) is 15.2. The van der Waals surface area contributed by atoms with Gasteiger partial charge >= 0.3 is 0 Å². The number of ether oxygens (including phenoxy) is 1. The van der Waals surface area contributed by atoms with Gasteiger partial charge in [0.2, 0.25) is 0 Å². The molecular formula is C22H25N3O. The lowest BCUT2D eigenvalue weighted by Crippen LogP contribution is -2.19. The van der Waals surface area contributed by atoms with Gasteiger partial charge in [-0.3, -0.25) is 4.68 Å². The number of hydrogen-bond donors (Lipinski definition) is 1. The molecule has 0 aliphatic heterocycles. The van der Waals surface area contributed by atoms with Crippen molar-refractivity contribution in [2.75, 3.05) is 7.11 Å². The molecule has 1 atom stereocenters. The van der Waals surface area contributed by atoms with E-state index in [1.807, 2.05) is 12.1 Å². The first-order chi connectivity index (χ1) is 12.8. The van der Waals surface area contributed by atoms with E-state index < -0.39 is 0 Å². The van der Waals surface area contributed by atoms with Crippen molar-refractivity contribution in [3.05, 3.63) is 71.4 Å². The predicted octanol–water partition coefficient (Wildman–Crippen LogP) is 4.14. The number of rotatable bonds is 5. The summed E-state index contributed by atoms with van der Waals surface area (Å²) in [5, 5.41) is 4.98. The van der Waals surface area contributed by atoms with Crippen LogP contribution in [0.1, 0.15) is 35.7 Å². The molecule has 0 fully saturated rings. The molecule has 2 N–H and O–H groups in total. The molecule has 1 heterocycles. The normalized spacial score (nSPS) is 16.3. The van der Waals surface area contributed by atoms with E-state index in [4.69, 9.17) is 15.6 Å². The summed E-state index contributed by atoms with van der Waals surface area (Å²) in [6, 6.07) is 18.8. The molecule has 2 aromatic carbocycles. The minimum atomic E-state index is 0.0707. The molecular weight excluding hydrogens is 322 g/mol. The Morgan fingerprint density at radius 2 is 1.88 bits per heavy atom.